The van der Waals surface area contributed by atoms with E-state index in [0.29, 0.717) is 38.5 Å². The van der Waals surface area contributed by atoms with Crippen molar-refractivity contribution in [1.29, 1.82) is 0 Å². The third kappa shape index (κ3) is 11.7. The lowest BCUT2D eigenvalue weighted by atomic mass is 10.0. The fourth-order valence-electron chi connectivity index (χ4n) is 2.83. The van der Waals surface area contributed by atoms with Gasteiger partial charge in [-0.2, -0.15) is 0 Å². The smallest absolute Gasteiger partial charge is 0.322 e. The number of unbranched alkanes of at least 4 members (excludes halogenated alkanes) is 2. The lowest BCUT2D eigenvalue weighted by Crippen LogP contribution is -2.54. The van der Waals surface area contributed by atoms with Gasteiger partial charge in [-0.05, 0) is 38.5 Å². The summed E-state index contributed by atoms with van der Waals surface area (Å²) in [6, 6.07) is -1.57. The molecule has 0 saturated heterocycles. The van der Waals surface area contributed by atoms with Gasteiger partial charge >= 0.3 is 11.9 Å². The van der Waals surface area contributed by atoms with Crippen molar-refractivity contribution in [2.45, 2.75) is 75.0 Å². The first-order valence-corrected chi connectivity index (χ1v) is 10.9. The standard InChI is InChI=1S/C20H38N4O10/c1-33-19(31)11(21)7-3-5-9-23-17(29)15(27)13(25)14(26)16(28)18(30)24-10-6-4-8-12(22)20(32)34-2/h11-16,25-28H,3-10,21-22H2,1-2H3,(H,23,29)(H,24,30)/t11-,12-,13-,14-,15-,16+/m0/s1. The molecule has 14 nitrogen and oxygen atoms in total. The van der Waals surface area contributed by atoms with E-state index in [4.69, 9.17) is 11.5 Å². The molecule has 0 bridgehead atoms. The van der Waals surface area contributed by atoms with E-state index in [1.165, 1.54) is 14.2 Å². The molecule has 0 aromatic rings. The van der Waals surface area contributed by atoms with Crippen LogP contribution in [0.2, 0.25) is 0 Å². The van der Waals surface area contributed by atoms with Crippen LogP contribution in [0.25, 0.3) is 0 Å². The van der Waals surface area contributed by atoms with Crippen molar-refractivity contribution in [2.75, 3.05) is 27.3 Å². The molecule has 34 heavy (non-hydrogen) atoms. The topological polar surface area (TPSA) is 244 Å². The summed E-state index contributed by atoms with van der Waals surface area (Å²) in [5, 5.41) is 44.4. The number of aliphatic hydroxyl groups excluding tert-OH is 4. The number of hydrogen-bond acceptors (Lipinski definition) is 12. The molecule has 0 aromatic heterocycles. The fourth-order valence-corrected chi connectivity index (χ4v) is 2.83. The molecule has 0 fully saturated rings. The molecule has 0 radical (unpaired) electrons. The molecule has 2 amide bonds. The maximum Gasteiger partial charge on any atom is 0.322 e. The number of nitrogens with one attached hydrogen (secondary N) is 2. The minimum atomic E-state index is -2.13. The predicted molar refractivity (Wildman–Crippen MR) is 118 cm³/mol. The highest BCUT2D eigenvalue weighted by molar-refractivity contribution is 5.83. The molecule has 0 spiro atoms. The highest BCUT2D eigenvalue weighted by atomic mass is 16.5. The molecule has 0 unspecified atom stereocenters. The molecular formula is C20H38N4O10. The Morgan fingerprint density at radius 2 is 1.00 bits per heavy atom. The summed E-state index contributed by atoms with van der Waals surface area (Å²) in [6.45, 7) is 0.185. The highest BCUT2D eigenvalue weighted by Gasteiger charge is 2.37. The monoisotopic (exact) mass is 494 g/mol. The van der Waals surface area contributed by atoms with Crippen molar-refractivity contribution in [1.82, 2.24) is 10.6 Å². The number of hydrogen-bond donors (Lipinski definition) is 8. The Morgan fingerprint density at radius 1 is 0.676 bits per heavy atom. The first-order valence-electron chi connectivity index (χ1n) is 10.9. The normalized spacial score (nSPS) is 16.4. The van der Waals surface area contributed by atoms with E-state index in [2.05, 4.69) is 20.1 Å². The van der Waals surface area contributed by atoms with Crippen LogP contribution in [0.4, 0.5) is 0 Å². The van der Waals surface area contributed by atoms with Gasteiger partial charge in [0.1, 0.15) is 24.3 Å². The lowest BCUT2D eigenvalue weighted by molar-refractivity contribution is -0.155. The Kier molecular flexibility index (Phi) is 15.9. The third-order valence-electron chi connectivity index (χ3n) is 5.02. The average molecular weight is 495 g/mol. The molecule has 0 aliphatic carbocycles. The molecule has 198 valence electrons. The molecule has 0 aromatic carbocycles. The molecule has 14 heteroatoms. The largest absolute Gasteiger partial charge is 0.468 e. The van der Waals surface area contributed by atoms with Crippen LogP contribution in [-0.4, -0.2) is 108 Å². The molecular weight excluding hydrogens is 456 g/mol. The van der Waals surface area contributed by atoms with Crippen LogP contribution in [0.1, 0.15) is 38.5 Å². The number of rotatable bonds is 17. The van der Waals surface area contributed by atoms with Gasteiger partial charge in [-0.1, -0.05) is 0 Å². The van der Waals surface area contributed by atoms with E-state index in [-0.39, 0.29) is 13.1 Å². The van der Waals surface area contributed by atoms with E-state index in [1.807, 2.05) is 0 Å². The second-order valence-electron chi connectivity index (χ2n) is 7.70. The Morgan fingerprint density at radius 3 is 1.29 bits per heavy atom. The van der Waals surface area contributed by atoms with Crippen LogP contribution >= 0.6 is 0 Å². The Balaban J connectivity index is 4.28. The van der Waals surface area contributed by atoms with Gasteiger partial charge in [-0.25, -0.2) is 0 Å². The van der Waals surface area contributed by atoms with Crippen LogP contribution in [-0.2, 0) is 28.7 Å². The van der Waals surface area contributed by atoms with Crippen molar-refractivity contribution in [2.24, 2.45) is 11.5 Å². The predicted octanol–water partition coefficient (Wildman–Crippen LogP) is -4.00. The van der Waals surface area contributed by atoms with E-state index >= 15 is 0 Å². The number of esters is 2. The van der Waals surface area contributed by atoms with Crippen molar-refractivity contribution < 1.29 is 49.1 Å². The average Bonchev–Trinajstić information content (AvgIpc) is 2.84. The Hall–Kier alpha value is -2.36. The number of carbonyl (C=O) groups is 4. The van der Waals surface area contributed by atoms with Gasteiger partial charge in [0.25, 0.3) is 11.8 Å². The van der Waals surface area contributed by atoms with E-state index in [0.717, 1.165) is 0 Å². The zero-order valence-electron chi connectivity index (χ0n) is 19.5. The summed E-state index contributed by atoms with van der Waals surface area (Å²) in [6.07, 6.45) is -6.04. The Bertz CT molecular complexity index is 597. The third-order valence-corrected chi connectivity index (χ3v) is 5.02. The number of methoxy groups -OCH3 is 2. The first kappa shape index (κ1) is 31.6. The lowest BCUT2D eigenvalue weighted by Gasteiger charge is -2.25. The zero-order valence-corrected chi connectivity index (χ0v) is 19.5. The quantitative estimate of drug-likeness (QED) is 0.0712. The summed E-state index contributed by atoms with van der Waals surface area (Å²) in [7, 11) is 2.44. The first-order chi connectivity index (χ1) is 16.0. The molecule has 0 heterocycles. The van der Waals surface area contributed by atoms with Gasteiger partial charge in [0.05, 0.1) is 14.2 Å². The van der Waals surface area contributed by atoms with Gasteiger partial charge in [-0.15, -0.1) is 0 Å². The number of nitrogens with two attached hydrogens (primary N) is 2. The number of amides is 2. The number of ether oxygens (including phenoxy) is 2. The summed E-state index contributed by atoms with van der Waals surface area (Å²) < 4.78 is 8.98. The summed E-state index contributed by atoms with van der Waals surface area (Å²) in [5.74, 6) is -3.14. The molecule has 0 aliphatic heterocycles. The van der Waals surface area contributed by atoms with Crippen LogP contribution < -0.4 is 22.1 Å². The van der Waals surface area contributed by atoms with E-state index in [9.17, 15) is 39.6 Å². The highest BCUT2D eigenvalue weighted by Crippen LogP contribution is 2.07. The second-order valence-corrected chi connectivity index (χ2v) is 7.70. The molecule has 0 aliphatic rings. The van der Waals surface area contributed by atoms with Gasteiger partial charge in [0.2, 0.25) is 0 Å². The SMILES string of the molecule is COC(=O)[C@@H](N)CCCCNC(=O)[C@@H](O)[C@@H](O)[C@H](O)[C@@H](O)C(=O)NCCCC[C@H](N)C(=O)OC. The van der Waals surface area contributed by atoms with E-state index < -0.39 is 60.3 Å². The molecule has 6 atom stereocenters. The van der Waals surface area contributed by atoms with Crippen molar-refractivity contribution in [3.8, 4) is 0 Å². The van der Waals surface area contributed by atoms with Crippen molar-refractivity contribution in [3.05, 3.63) is 0 Å². The van der Waals surface area contributed by atoms with Crippen LogP contribution in [0.15, 0.2) is 0 Å². The van der Waals surface area contributed by atoms with Crippen molar-refractivity contribution >= 4 is 23.8 Å². The van der Waals surface area contributed by atoms with Gasteiger partial charge in [-0.3, -0.25) is 19.2 Å². The Labute approximate surface area is 198 Å². The van der Waals surface area contributed by atoms with Crippen LogP contribution in [0.3, 0.4) is 0 Å². The molecule has 0 saturated carbocycles. The minimum Gasteiger partial charge on any atom is -0.468 e. The number of aliphatic hydroxyl groups is 4. The maximum absolute atomic E-state index is 11.9. The molecule has 0 rings (SSSR count). The minimum absolute atomic E-state index is 0.0925. The fraction of sp³-hybridized carbons (Fsp3) is 0.800. The second kappa shape index (κ2) is 17.1. The van der Waals surface area contributed by atoms with Crippen LogP contribution in [0, 0.1) is 0 Å². The van der Waals surface area contributed by atoms with Crippen LogP contribution in [0.5, 0.6) is 0 Å². The summed E-state index contributed by atoms with van der Waals surface area (Å²) in [5.41, 5.74) is 11.2. The number of carbonyl (C=O) groups excluding carboxylic acids is 4. The maximum atomic E-state index is 11.9. The summed E-state index contributed by atoms with van der Waals surface area (Å²) >= 11 is 0. The van der Waals surface area contributed by atoms with Gasteiger partial charge in [0.15, 0.2) is 12.2 Å². The molecule has 10 N–H and O–H groups in total. The zero-order chi connectivity index (χ0) is 26.3. The van der Waals surface area contributed by atoms with E-state index in [1.54, 1.807) is 0 Å². The van der Waals surface area contributed by atoms with Crippen molar-refractivity contribution in [3.63, 3.8) is 0 Å². The summed E-state index contributed by atoms with van der Waals surface area (Å²) in [4.78, 5) is 46.3. The van der Waals surface area contributed by atoms with Gasteiger partial charge < -0.3 is 52.0 Å². The van der Waals surface area contributed by atoms with Gasteiger partial charge in [0, 0.05) is 13.1 Å².